The van der Waals surface area contributed by atoms with E-state index < -0.39 is 35.1 Å². The maximum absolute atomic E-state index is 12.7. The second-order valence-corrected chi connectivity index (χ2v) is 5.44. The molecule has 2 rings (SSSR count). The summed E-state index contributed by atoms with van der Waals surface area (Å²) in [6.07, 6.45) is -9.18. The molecule has 0 heterocycles. The van der Waals surface area contributed by atoms with Gasteiger partial charge in [-0.05, 0) is 49.4 Å². The van der Waals surface area contributed by atoms with Crippen LogP contribution in [0.1, 0.15) is 34.0 Å². The lowest BCUT2D eigenvalue weighted by atomic mass is 10.1. The summed E-state index contributed by atoms with van der Waals surface area (Å²) in [7, 11) is 0. The topological polar surface area (TPSA) is 61.7 Å². The number of phenolic OH excluding ortho intramolecular Hbond substituents is 1. The van der Waals surface area contributed by atoms with Crippen LogP contribution in [0.2, 0.25) is 0 Å². The van der Waals surface area contributed by atoms with Crippen LogP contribution in [0.15, 0.2) is 47.6 Å². The summed E-state index contributed by atoms with van der Waals surface area (Å²) in [6.45, 7) is 1.25. The van der Waals surface area contributed by atoms with Gasteiger partial charge in [-0.3, -0.25) is 4.79 Å². The number of hydrogen-bond acceptors (Lipinski definition) is 3. The molecule has 2 N–H and O–H groups in total. The molecule has 10 heteroatoms. The van der Waals surface area contributed by atoms with Crippen LogP contribution in [0.4, 0.5) is 26.3 Å². The Bertz CT molecular complexity index is 870. The normalized spacial score (nSPS) is 12.8. The van der Waals surface area contributed by atoms with Gasteiger partial charge in [0.05, 0.1) is 16.8 Å². The summed E-state index contributed by atoms with van der Waals surface area (Å²) in [5.74, 6) is -1.34. The Kier molecular flexibility index (Phi) is 5.48. The molecule has 0 aliphatic rings. The Balaban J connectivity index is 2.19. The van der Waals surface area contributed by atoms with Crippen molar-refractivity contribution in [3.8, 4) is 5.75 Å². The van der Waals surface area contributed by atoms with Gasteiger partial charge < -0.3 is 5.11 Å². The number of benzene rings is 2. The molecule has 4 nitrogen and oxygen atoms in total. The molecule has 0 aromatic heterocycles. The van der Waals surface area contributed by atoms with Gasteiger partial charge in [0.1, 0.15) is 5.75 Å². The van der Waals surface area contributed by atoms with Crippen molar-refractivity contribution in [2.75, 3.05) is 0 Å². The van der Waals surface area contributed by atoms with Gasteiger partial charge in [0.15, 0.2) is 0 Å². The molecule has 2 aromatic rings. The first-order valence-corrected chi connectivity index (χ1v) is 7.32. The SMILES string of the molecule is C/C(=N\NC(=O)c1ccc(C(F)(F)F)cc1)c1cc(C(F)(F)F)ccc1O. The van der Waals surface area contributed by atoms with Gasteiger partial charge >= 0.3 is 12.4 Å². The highest BCUT2D eigenvalue weighted by Crippen LogP contribution is 2.32. The van der Waals surface area contributed by atoms with E-state index in [0.717, 1.165) is 18.2 Å². The molecule has 0 radical (unpaired) electrons. The number of nitrogens with one attached hydrogen (secondary N) is 1. The quantitative estimate of drug-likeness (QED) is 0.458. The van der Waals surface area contributed by atoms with Crippen LogP contribution in [0.3, 0.4) is 0 Å². The van der Waals surface area contributed by atoms with Crippen molar-refractivity contribution in [3.63, 3.8) is 0 Å². The van der Waals surface area contributed by atoms with Crippen LogP contribution >= 0.6 is 0 Å². The maximum Gasteiger partial charge on any atom is 0.416 e. The number of halogens is 6. The lowest BCUT2D eigenvalue weighted by Gasteiger charge is -2.10. The Morgan fingerprint density at radius 2 is 1.44 bits per heavy atom. The van der Waals surface area contributed by atoms with E-state index in [1.807, 2.05) is 5.43 Å². The van der Waals surface area contributed by atoms with Crippen molar-refractivity contribution >= 4 is 11.6 Å². The molecule has 0 spiro atoms. The minimum Gasteiger partial charge on any atom is -0.507 e. The highest BCUT2D eigenvalue weighted by atomic mass is 19.4. The van der Waals surface area contributed by atoms with Crippen LogP contribution in [0.5, 0.6) is 5.75 Å². The van der Waals surface area contributed by atoms with Gasteiger partial charge in [-0.1, -0.05) is 0 Å². The Morgan fingerprint density at radius 1 is 0.926 bits per heavy atom. The molecule has 27 heavy (non-hydrogen) atoms. The van der Waals surface area contributed by atoms with Crippen molar-refractivity contribution in [2.24, 2.45) is 5.10 Å². The average molecular weight is 390 g/mol. The molecule has 144 valence electrons. The number of hydrogen-bond donors (Lipinski definition) is 2. The number of phenols is 1. The summed E-state index contributed by atoms with van der Waals surface area (Å²) in [5, 5.41) is 13.3. The van der Waals surface area contributed by atoms with E-state index in [9.17, 15) is 36.2 Å². The minimum absolute atomic E-state index is 0.126. The second-order valence-electron chi connectivity index (χ2n) is 5.44. The van der Waals surface area contributed by atoms with Gasteiger partial charge in [0.2, 0.25) is 0 Å². The van der Waals surface area contributed by atoms with Crippen molar-refractivity contribution in [3.05, 3.63) is 64.7 Å². The molecule has 0 fully saturated rings. The Labute approximate surface area is 149 Å². The number of nitrogens with zero attached hydrogens (tertiary/aromatic N) is 1. The zero-order chi connectivity index (χ0) is 20.4. The molecular weight excluding hydrogens is 378 g/mol. The van der Waals surface area contributed by atoms with Crippen molar-refractivity contribution < 1.29 is 36.2 Å². The van der Waals surface area contributed by atoms with Gasteiger partial charge in [-0.15, -0.1) is 0 Å². The van der Waals surface area contributed by atoms with E-state index in [-0.39, 0.29) is 16.8 Å². The first-order valence-electron chi connectivity index (χ1n) is 7.32. The summed E-state index contributed by atoms with van der Waals surface area (Å²) in [4.78, 5) is 11.9. The fraction of sp³-hybridized carbons (Fsp3) is 0.176. The molecule has 1 amide bonds. The average Bonchev–Trinajstić information content (AvgIpc) is 2.58. The van der Waals surface area contributed by atoms with E-state index >= 15 is 0 Å². The van der Waals surface area contributed by atoms with E-state index in [1.54, 1.807) is 0 Å². The fourth-order valence-electron chi connectivity index (χ4n) is 2.07. The van der Waals surface area contributed by atoms with Crippen molar-refractivity contribution in [2.45, 2.75) is 19.3 Å². The van der Waals surface area contributed by atoms with E-state index in [0.29, 0.717) is 24.3 Å². The van der Waals surface area contributed by atoms with Crippen LogP contribution in [0, 0.1) is 0 Å². The third-order valence-electron chi connectivity index (χ3n) is 3.51. The number of alkyl halides is 6. The highest BCUT2D eigenvalue weighted by molar-refractivity contribution is 6.02. The molecule has 0 saturated heterocycles. The summed E-state index contributed by atoms with van der Waals surface area (Å²) in [6, 6.07) is 5.49. The lowest BCUT2D eigenvalue weighted by Crippen LogP contribution is -2.19. The third kappa shape index (κ3) is 4.99. The Hall–Kier alpha value is -3.04. The van der Waals surface area contributed by atoms with E-state index in [2.05, 4.69) is 5.10 Å². The second kappa shape index (κ2) is 7.29. The van der Waals surface area contributed by atoms with Crippen molar-refractivity contribution in [1.29, 1.82) is 0 Å². The zero-order valence-corrected chi connectivity index (χ0v) is 13.6. The number of aromatic hydroxyl groups is 1. The first kappa shape index (κ1) is 20.3. The lowest BCUT2D eigenvalue weighted by molar-refractivity contribution is -0.138. The maximum atomic E-state index is 12.7. The highest BCUT2D eigenvalue weighted by Gasteiger charge is 2.31. The molecule has 0 saturated carbocycles. The standard InChI is InChI=1S/C17H12F6N2O2/c1-9(13-8-12(17(21,22)23)6-7-14(13)26)24-25-15(27)10-2-4-11(5-3-10)16(18,19)20/h2-8,26H,1H3,(H,25,27)/b24-9+. The van der Waals surface area contributed by atoms with Crippen LogP contribution < -0.4 is 5.43 Å². The monoisotopic (exact) mass is 390 g/mol. The number of rotatable bonds is 3. The first-order chi connectivity index (χ1) is 12.4. The number of hydrazone groups is 1. The zero-order valence-electron chi connectivity index (χ0n) is 13.6. The molecule has 0 atom stereocenters. The molecule has 0 aliphatic heterocycles. The molecule has 0 aliphatic carbocycles. The van der Waals surface area contributed by atoms with Gasteiger partial charge in [-0.2, -0.15) is 31.4 Å². The summed E-state index contributed by atoms with van der Waals surface area (Å²) < 4.78 is 75.7. The molecule has 0 unspecified atom stereocenters. The molecule has 2 aromatic carbocycles. The predicted octanol–water partition coefficient (Wildman–Crippen LogP) is 4.58. The van der Waals surface area contributed by atoms with Gasteiger partial charge in [-0.25, -0.2) is 5.43 Å². The number of carbonyl (C=O) groups is 1. The fourth-order valence-corrected chi connectivity index (χ4v) is 2.07. The predicted molar refractivity (Wildman–Crippen MR) is 84.2 cm³/mol. The van der Waals surface area contributed by atoms with Gasteiger partial charge in [0.25, 0.3) is 5.91 Å². The number of carbonyl (C=O) groups excluding carboxylic acids is 1. The largest absolute Gasteiger partial charge is 0.507 e. The minimum atomic E-state index is -4.63. The van der Waals surface area contributed by atoms with E-state index in [4.69, 9.17) is 0 Å². The van der Waals surface area contributed by atoms with Crippen molar-refractivity contribution in [1.82, 2.24) is 5.43 Å². The van der Waals surface area contributed by atoms with E-state index in [1.165, 1.54) is 6.92 Å². The summed E-state index contributed by atoms with van der Waals surface area (Å²) in [5.41, 5.74) is -0.446. The van der Waals surface area contributed by atoms with Crippen LogP contribution in [-0.2, 0) is 12.4 Å². The smallest absolute Gasteiger partial charge is 0.416 e. The molecule has 0 bridgehead atoms. The number of amides is 1. The Morgan fingerprint density at radius 3 is 1.96 bits per heavy atom. The van der Waals surface area contributed by atoms with Crippen LogP contribution in [-0.4, -0.2) is 16.7 Å². The third-order valence-corrected chi connectivity index (χ3v) is 3.51. The molecular formula is C17H12F6N2O2. The van der Waals surface area contributed by atoms with Crippen LogP contribution in [0.25, 0.3) is 0 Å². The van der Waals surface area contributed by atoms with Gasteiger partial charge in [0, 0.05) is 11.1 Å². The summed E-state index contributed by atoms with van der Waals surface area (Å²) >= 11 is 0.